The monoisotopic (exact) mass is 241 g/mol. The Labute approximate surface area is 105 Å². The maximum absolute atomic E-state index is 12.0. The molecule has 1 aliphatic rings. The summed E-state index contributed by atoms with van der Waals surface area (Å²) in [6.07, 6.45) is 4.93. The van der Waals surface area contributed by atoms with E-state index in [9.17, 15) is 4.79 Å². The van der Waals surface area contributed by atoms with E-state index < -0.39 is 0 Å². The van der Waals surface area contributed by atoms with Crippen LogP contribution in [0.2, 0.25) is 0 Å². The molecule has 0 unspecified atom stereocenters. The Kier molecular flexibility index (Phi) is 5.44. The van der Waals surface area contributed by atoms with Gasteiger partial charge in [0.2, 0.25) is 5.91 Å². The highest BCUT2D eigenvalue weighted by molar-refractivity contribution is 5.78. The lowest BCUT2D eigenvalue weighted by Gasteiger charge is -2.28. The van der Waals surface area contributed by atoms with Crippen LogP contribution in [0.15, 0.2) is 0 Å². The molecule has 17 heavy (non-hydrogen) atoms. The highest BCUT2D eigenvalue weighted by Crippen LogP contribution is 2.28. The molecule has 100 valence electrons. The number of aliphatic hydroxyl groups excluding tert-OH is 1. The molecular formula is C14H27NO2. The summed E-state index contributed by atoms with van der Waals surface area (Å²) in [5.41, 5.74) is 0.192. The smallest absolute Gasteiger partial charge is 0.223 e. The van der Waals surface area contributed by atoms with E-state index in [4.69, 9.17) is 5.11 Å². The first-order valence-electron chi connectivity index (χ1n) is 6.87. The SMILES string of the molecule is CCC(C)(C)CNC(=O)C1CCC(CO)CC1. The van der Waals surface area contributed by atoms with Crippen LogP contribution < -0.4 is 5.32 Å². The van der Waals surface area contributed by atoms with Gasteiger partial charge in [-0.15, -0.1) is 0 Å². The Morgan fingerprint density at radius 2 is 1.88 bits per heavy atom. The van der Waals surface area contributed by atoms with Gasteiger partial charge in [-0.2, -0.15) is 0 Å². The number of carbonyl (C=O) groups excluding carboxylic acids is 1. The Morgan fingerprint density at radius 1 is 1.29 bits per heavy atom. The first-order valence-corrected chi connectivity index (χ1v) is 6.87. The van der Waals surface area contributed by atoms with Crippen LogP contribution in [0.5, 0.6) is 0 Å². The molecule has 0 saturated heterocycles. The molecule has 1 aliphatic carbocycles. The van der Waals surface area contributed by atoms with E-state index in [0.29, 0.717) is 5.92 Å². The van der Waals surface area contributed by atoms with E-state index in [1.165, 1.54) is 0 Å². The lowest BCUT2D eigenvalue weighted by molar-refractivity contribution is -0.126. The fourth-order valence-corrected chi connectivity index (χ4v) is 2.20. The van der Waals surface area contributed by atoms with Gasteiger partial charge < -0.3 is 10.4 Å². The van der Waals surface area contributed by atoms with Crippen molar-refractivity contribution in [1.82, 2.24) is 5.32 Å². The van der Waals surface area contributed by atoms with Gasteiger partial charge in [0.05, 0.1) is 0 Å². The number of nitrogens with one attached hydrogen (secondary N) is 1. The van der Waals surface area contributed by atoms with Crippen LogP contribution in [0.4, 0.5) is 0 Å². The highest BCUT2D eigenvalue weighted by atomic mass is 16.3. The predicted molar refractivity (Wildman–Crippen MR) is 69.6 cm³/mol. The van der Waals surface area contributed by atoms with Crippen molar-refractivity contribution in [2.75, 3.05) is 13.2 Å². The minimum Gasteiger partial charge on any atom is -0.396 e. The van der Waals surface area contributed by atoms with Gasteiger partial charge in [0.15, 0.2) is 0 Å². The first-order chi connectivity index (χ1) is 7.98. The summed E-state index contributed by atoms with van der Waals surface area (Å²) >= 11 is 0. The van der Waals surface area contributed by atoms with Crippen molar-refractivity contribution in [1.29, 1.82) is 0 Å². The van der Waals surface area contributed by atoms with Gasteiger partial charge >= 0.3 is 0 Å². The van der Waals surface area contributed by atoms with Crippen molar-refractivity contribution in [3.05, 3.63) is 0 Å². The zero-order valence-corrected chi connectivity index (χ0v) is 11.5. The summed E-state index contributed by atoms with van der Waals surface area (Å²) < 4.78 is 0. The average Bonchev–Trinajstić information content (AvgIpc) is 2.36. The number of amides is 1. The number of hydrogen-bond donors (Lipinski definition) is 2. The molecule has 1 amide bonds. The Hall–Kier alpha value is -0.570. The van der Waals surface area contributed by atoms with Crippen molar-refractivity contribution < 1.29 is 9.90 Å². The third kappa shape index (κ3) is 4.66. The summed E-state index contributed by atoms with van der Waals surface area (Å²) in [5.74, 6) is 0.805. The van der Waals surface area contributed by atoms with E-state index >= 15 is 0 Å². The molecule has 0 aromatic carbocycles. The van der Waals surface area contributed by atoms with Gasteiger partial charge in [0, 0.05) is 19.1 Å². The number of rotatable bonds is 5. The quantitative estimate of drug-likeness (QED) is 0.776. The maximum Gasteiger partial charge on any atom is 0.223 e. The van der Waals surface area contributed by atoms with Crippen molar-refractivity contribution in [2.24, 2.45) is 17.3 Å². The van der Waals surface area contributed by atoms with Crippen LogP contribution in [0.25, 0.3) is 0 Å². The van der Waals surface area contributed by atoms with Crippen LogP contribution in [-0.2, 0) is 4.79 Å². The molecule has 3 nitrogen and oxygen atoms in total. The molecule has 0 aromatic rings. The zero-order valence-electron chi connectivity index (χ0n) is 11.5. The Balaban J connectivity index is 2.30. The lowest BCUT2D eigenvalue weighted by atomic mass is 9.81. The maximum atomic E-state index is 12.0. The standard InChI is InChI=1S/C14H27NO2/c1-4-14(2,3)10-15-13(17)12-7-5-11(9-16)6-8-12/h11-12,16H,4-10H2,1-3H3,(H,15,17). The van der Waals surface area contributed by atoms with Crippen molar-refractivity contribution >= 4 is 5.91 Å². The molecule has 0 aromatic heterocycles. The molecule has 0 radical (unpaired) electrons. The number of hydrogen-bond acceptors (Lipinski definition) is 2. The van der Waals surface area contributed by atoms with Crippen LogP contribution in [0.1, 0.15) is 52.9 Å². The van der Waals surface area contributed by atoms with Crippen LogP contribution >= 0.6 is 0 Å². The molecule has 0 bridgehead atoms. The second-order valence-electron chi connectivity index (χ2n) is 6.14. The molecule has 0 heterocycles. The van der Waals surface area contributed by atoms with Crippen molar-refractivity contribution in [3.8, 4) is 0 Å². The van der Waals surface area contributed by atoms with E-state index in [1.807, 2.05) is 0 Å². The number of carbonyl (C=O) groups is 1. The van der Waals surface area contributed by atoms with Gasteiger partial charge in [0.25, 0.3) is 0 Å². The topological polar surface area (TPSA) is 49.3 Å². The zero-order chi connectivity index (χ0) is 12.9. The normalized spacial score (nSPS) is 25.6. The highest BCUT2D eigenvalue weighted by Gasteiger charge is 2.26. The summed E-state index contributed by atoms with van der Waals surface area (Å²) in [6.45, 7) is 7.55. The predicted octanol–water partition coefficient (Wildman–Crippen LogP) is 2.34. The van der Waals surface area contributed by atoms with Crippen LogP contribution in [0.3, 0.4) is 0 Å². The third-order valence-corrected chi connectivity index (χ3v) is 4.17. The minimum absolute atomic E-state index is 0.172. The van der Waals surface area contributed by atoms with Crippen molar-refractivity contribution in [2.45, 2.75) is 52.9 Å². The largest absolute Gasteiger partial charge is 0.396 e. The number of aliphatic hydroxyl groups is 1. The van der Waals surface area contributed by atoms with E-state index in [-0.39, 0.29) is 23.8 Å². The fraction of sp³-hybridized carbons (Fsp3) is 0.929. The Morgan fingerprint density at radius 3 is 2.35 bits per heavy atom. The van der Waals surface area contributed by atoms with E-state index in [0.717, 1.165) is 38.6 Å². The van der Waals surface area contributed by atoms with E-state index in [1.54, 1.807) is 0 Å². The van der Waals surface area contributed by atoms with Crippen molar-refractivity contribution in [3.63, 3.8) is 0 Å². The molecule has 0 spiro atoms. The molecular weight excluding hydrogens is 214 g/mol. The van der Waals surface area contributed by atoms with E-state index in [2.05, 4.69) is 26.1 Å². The fourth-order valence-electron chi connectivity index (χ4n) is 2.20. The van der Waals surface area contributed by atoms with Gasteiger partial charge in [-0.05, 0) is 43.4 Å². The molecule has 1 saturated carbocycles. The Bertz CT molecular complexity index is 243. The summed E-state index contributed by atoms with van der Waals surface area (Å²) in [6, 6.07) is 0. The molecule has 0 aliphatic heterocycles. The van der Waals surface area contributed by atoms with Crippen LogP contribution in [-0.4, -0.2) is 24.2 Å². The van der Waals surface area contributed by atoms with Gasteiger partial charge in [-0.25, -0.2) is 0 Å². The average molecular weight is 241 g/mol. The van der Waals surface area contributed by atoms with Gasteiger partial charge in [-0.1, -0.05) is 20.8 Å². The molecule has 0 atom stereocenters. The molecule has 1 rings (SSSR count). The van der Waals surface area contributed by atoms with Gasteiger partial charge in [0.1, 0.15) is 0 Å². The third-order valence-electron chi connectivity index (χ3n) is 4.17. The lowest BCUT2D eigenvalue weighted by Crippen LogP contribution is -2.38. The van der Waals surface area contributed by atoms with Crippen LogP contribution in [0, 0.1) is 17.3 Å². The summed E-state index contributed by atoms with van der Waals surface area (Å²) in [5, 5.41) is 12.1. The second-order valence-corrected chi connectivity index (χ2v) is 6.14. The second kappa shape index (κ2) is 6.39. The van der Waals surface area contributed by atoms with Gasteiger partial charge in [-0.3, -0.25) is 4.79 Å². The minimum atomic E-state index is 0.172. The summed E-state index contributed by atoms with van der Waals surface area (Å²) in [4.78, 5) is 12.0. The first kappa shape index (κ1) is 14.5. The summed E-state index contributed by atoms with van der Waals surface area (Å²) in [7, 11) is 0. The molecule has 3 heteroatoms. The molecule has 1 fully saturated rings. The molecule has 2 N–H and O–H groups in total.